The number of nitrogens with zero attached hydrogens (tertiary/aromatic N) is 3. The normalized spacial score (nSPS) is 10.8. The summed E-state index contributed by atoms with van der Waals surface area (Å²) in [4.78, 5) is 8.18. The molecule has 4 nitrogen and oxygen atoms in total. The fraction of sp³-hybridized carbons (Fsp3) is 0. The Morgan fingerprint density at radius 2 is 1.95 bits per heavy atom. The number of nitrogens with two attached hydrogens (primary N) is 1. The number of benzene rings is 1. The molecule has 0 saturated carbocycles. The molecule has 3 aromatic rings. The summed E-state index contributed by atoms with van der Waals surface area (Å²) >= 11 is 15.9. The Morgan fingerprint density at radius 3 is 2.71 bits per heavy atom. The minimum absolute atomic E-state index is 0.445. The molecule has 0 bridgehead atoms. The van der Waals surface area contributed by atoms with Crippen LogP contribution < -0.4 is 5.73 Å². The van der Waals surface area contributed by atoms with Crippen LogP contribution in [-0.2, 0) is 0 Å². The summed E-state index contributed by atoms with van der Waals surface area (Å²) in [5.41, 5.74) is 8.23. The summed E-state index contributed by atoms with van der Waals surface area (Å²) in [6, 6.07) is 7.35. The number of aromatic nitrogens is 3. The van der Waals surface area contributed by atoms with Gasteiger partial charge in [0.25, 0.3) is 0 Å². The zero-order chi connectivity index (χ0) is 15.0. The second kappa shape index (κ2) is 5.67. The van der Waals surface area contributed by atoms with Gasteiger partial charge in [-0.15, -0.1) is 0 Å². The van der Waals surface area contributed by atoms with Gasteiger partial charge in [0.05, 0.1) is 34.0 Å². The molecule has 2 aromatic heterocycles. The number of anilines is 1. The van der Waals surface area contributed by atoms with E-state index in [1.807, 2.05) is 22.8 Å². The quantitative estimate of drug-likeness (QED) is 0.658. The second-order valence-electron chi connectivity index (χ2n) is 4.31. The van der Waals surface area contributed by atoms with Crippen molar-refractivity contribution in [1.82, 2.24) is 14.5 Å². The van der Waals surface area contributed by atoms with Crippen LogP contribution in [0, 0.1) is 0 Å². The second-order valence-corrected chi connectivity index (χ2v) is 5.92. The van der Waals surface area contributed by atoms with Crippen molar-refractivity contribution in [2.75, 3.05) is 5.73 Å². The summed E-state index contributed by atoms with van der Waals surface area (Å²) in [6.07, 6.45) is 5.07. The Kier molecular flexibility index (Phi) is 3.89. The third kappa shape index (κ3) is 2.64. The zero-order valence-electron chi connectivity index (χ0n) is 10.6. The number of imidazole rings is 1. The number of hydrogen-bond donors (Lipinski definition) is 1. The molecule has 0 aliphatic heterocycles. The lowest BCUT2D eigenvalue weighted by molar-refractivity contribution is 1.06. The average molecular weight is 384 g/mol. The van der Waals surface area contributed by atoms with E-state index in [2.05, 4.69) is 25.9 Å². The van der Waals surface area contributed by atoms with Crippen LogP contribution in [-0.4, -0.2) is 14.5 Å². The molecule has 0 aliphatic rings. The van der Waals surface area contributed by atoms with Crippen molar-refractivity contribution in [3.8, 4) is 16.9 Å². The Labute approximate surface area is 139 Å². The predicted octanol–water partition coefficient (Wildman–Crippen LogP) is 4.59. The molecule has 0 unspecified atom stereocenters. The molecule has 2 N–H and O–H groups in total. The fourth-order valence-corrected chi connectivity index (χ4v) is 2.87. The molecule has 0 amide bonds. The van der Waals surface area contributed by atoms with E-state index in [1.54, 1.807) is 24.8 Å². The van der Waals surface area contributed by atoms with E-state index in [9.17, 15) is 0 Å². The van der Waals surface area contributed by atoms with Crippen LogP contribution in [0.4, 0.5) is 5.82 Å². The number of pyridine rings is 1. The maximum Gasteiger partial charge on any atom is 0.123 e. The number of halogens is 3. The van der Waals surface area contributed by atoms with Gasteiger partial charge in [-0.2, -0.15) is 0 Å². The lowest BCUT2D eigenvalue weighted by Crippen LogP contribution is -1.98. The molecule has 0 atom stereocenters. The summed E-state index contributed by atoms with van der Waals surface area (Å²) < 4.78 is 2.60. The standard InChI is InChI=1S/C14H9BrCl2N4/c15-9-1-2-10(14(17)13(9)16)21-7-19-6-11(21)8-3-4-20-12(18)5-8/h1-7H,(H2,18,20). The molecule has 106 valence electrons. The predicted molar refractivity (Wildman–Crippen MR) is 88.9 cm³/mol. The van der Waals surface area contributed by atoms with Crippen LogP contribution in [0.25, 0.3) is 16.9 Å². The molecule has 1 aromatic carbocycles. The summed E-state index contributed by atoms with van der Waals surface area (Å²) in [5.74, 6) is 0.445. The molecule has 0 spiro atoms. The van der Waals surface area contributed by atoms with Crippen LogP contribution in [0.5, 0.6) is 0 Å². The van der Waals surface area contributed by atoms with E-state index >= 15 is 0 Å². The molecule has 0 fully saturated rings. The maximum absolute atomic E-state index is 6.33. The van der Waals surface area contributed by atoms with Crippen molar-refractivity contribution in [2.45, 2.75) is 0 Å². The van der Waals surface area contributed by atoms with Crippen molar-refractivity contribution in [1.29, 1.82) is 0 Å². The van der Waals surface area contributed by atoms with Gasteiger partial charge in [0.15, 0.2) is 0 Å². The van der Waals surface area contributed by atoms with Crippen molar-refractivity contribution in [2.24, 2.45) is 0 Å². The number of nitrogen functional groups attached to an aromatic ring is 1. The first-order chi connectivity index (χ1) is 10.1. The molecular weight excluding hydrogens is 375 g/mol. The highest BCUT2D eigenvalue weighted by atomic mass is 79.9. The van der Waals surface area contributed by atoms with Gasteiger partial charge in [-0.25, -0.2) is 9.97 Å². The topological polar surface area (TPSA) is 56.7 Å². The van der Waals surface area contributed by atoms with Crippen molar-refractivity contribution < 1.29 is 0 Å². The van der Waals surface area contributed by atoms with Crippen molar-refractivity contribution in [3.05, 3.63) is 57.5 Å². The van der Waals surface area contributed by atoms with E-state index in [-0.39, 0.29) is 0 Å². The molecule has 2 heterocycles. The van der Waals surface area contributed by atoms with Gasteiger partial charge in [0.1, 0.15) is 5.82 Å². The monoisotopic (exact) mass is 382 g/mol. The van der Waals surface area contributed by atoms with Crippen LogP contribution in [0.2, 0.25) is 10.0 Å². The van der Waals surface area contributed by atoms with E-state index in [1.165, 1.54) is 0 Å². The Morgan fingerprint density at radius 1 is 1.14 bits per heavy atom. The van der Waals surface area contributed by atoms with Gasteiger partial charge in [0.2, 0.25) is 0 Å². The SMILES string of the molecule is Nc1cc(-c2cncn2-c2ccc(Br)c(Cl)c2Cl)ccn1. The van der Waals surface area contributed by atoms with Gasteiger partial charge < -0.3 is 5.73 Å². The van der Waals surface area contributed by atoms with E-state index in [0.717, 1.165) is 21.4 Å². The molecule has 0 radical (unpaired) electrons. The molecule has 3 rings (SSSR count). The zero-order valence-corrected chi connectivity index (χ0v) is 13.7. The summed E-state index contributed by atoms with van der Waals surface area (Å²) in [7, 11) is 0. The van der Waals surface area contributed by atoms with Gasteiger partial charge in [-0.3, -0.25) is 4.57 Å². The van der Waals surface area contributed by atoms with Crippen molar-refractivity contribution in [3.63, 3.8) is 0 Å². The third-order valence-corrected chi connectivity index (χ3v) is 4.75. The van der Waals surface area contributed by atoms with Gasteiger partial charge in [0, 0.05) is 16.2 Å². The van der Waals surface area contributed by atoms with Crippen LogP contribution in [0.3, 0.4) is 0 Å². The highest BCUT2D eigenvalue weighted by Gasteiger charge is 2.14. The Bertz CT molecular complexity index is 816. The van der Waals surface area contributed by atoms with Crippen LogP contribution in [0.1, 0.15) is 0 Å². The minimum atomic E-state index is 0.445. The number of hydrogen-bond acceptors (Lipinski definition) is 3. The smallest absolute Gasteiger partial charge is 0.123 e. The fourth-order valence-electron chi connectivity index (χ4n) is 2.01. The minimum Gasteiger partial charge on any atom is -0.384 e. The average Bonchev–Trinajstić information content (AvgIpc) is 2.94. The lowest BCUT2D eigenvalue weighted by atomic mass is 10.2. The first kappa shape index (κ1) is 14.4. The van der Waals surface area contributed by atoms with Crippen LogP contribution >= 0.6 is 39.1 Å². The number of rotatable bonds is 2. The van der Waals surface area contributed by atoms with Gasteiger partial charge >= 0.3 is 0 Å². The summed E-state index contributed by atoms with van der Waals surface area (Å²) in [5, 5.41) is 0.912. The highest BCUT2D eigenvalue weighted by molar-refractivity contribution is 9.10. The molecule has 7 heteroatoms. The first-order valence-electron chi connectivity index (χ1n) is 5.96. The van der Waals surface area contributed by atoms with E-state index in [0.29, 0.717) is 15.9 Å². The molecule has 0 aliphatic carbocycles. The Balaban J connectivity index is 2.18. The van der Waals surface area contributed by atoms with Gasteiger partial charge in [-0.05, 0) is 40.2 Å². The van der Waals surface area contributed by atoms with Gasteiger partial charge in [-0.1, -0.05) is 23.2 Å². The van der Waals surface area contributed by atoms with E-state index in [4.69, 9.17) is 28.9 Å². The third-order valence-electron chi connectivity index (χ3n) is 2.99. The van der Waals surface area contributed by atoms with Crippen molar-refractivity contribution >= 4 is 44.9 Å². The first-order valence-corrected chi connectivity index (χ1v) is 7.51. The summed E-state index contributed by atoms with van der Waals surface area (Å²) in [6.45, 7) is 0. The molecule has 21 heavy (non-hydrogen) atoms. The maximum atomic E-state index is 6.33. The molecular formula is C14H9BrCl2N4. The Hall–Kier alpha value is -1.56. The molecule has 0 saturated heterocycles. The highest BCUT2D eigenvalue weighted by Crippen LogP contribution is 2.36. The van der Waals surface area contributed by atoms with Crippen LogP contribution in [0.15, 0.2) is 47.5 Å². The van der Waals surface area contributed by atoms with E-state index < -0.39 is 0 Å². The largest absolute Gasteiger partial charge is 0.384 e. The lowest BCUT2D eigenvalue weighted by Gasteiger charge is -2.12.